The molecule has 16 heteroatoms. The number of aliphatic hydroxyl groups excluding tert-OH is 2. The highest BCUT2D eigenvalue weighted by molar-refractivity contribution is 7.47. The van der Waals surface area contributed by atoms with Crippen molar-refractivity contribution in [2.24, 2.45) is 0 Å². The topological polar surface area (TPSA) is 216 Å². The quantitative estimate of drug-likeness (QED) is 0.0128. The maximum absolute atomic E-state index is 12.6. The summed E-state index contributed by atoms with van der Waals surface area (Å²) in [5, 5.41) is 19.5. The molecule has 0 fully saturated rings. The lowest BCUT2D eigenvalue weighted by Gasteiger charge is -2.20. The largest absolute Gasteiger partial charge is 0.472 e. The van der Waals surface area contributed by atoms with E-state index in [0.29, 0.717) is 32.1 Å². The average Bonchev–Trinajstić information content (AvgIpc) is 3.23. The molecule has 0 amide bonds. The lowest BCUT2D eigenvalue weighted by Crippen LogP contribution is -2.29. The van der Waals surface area contributed by atoms with Crippen LogP contribution in [-0.2, 0) is 41.8 Å². The molecule has 0 bridgehead atoms. The van der Waals surface area contributed by atoms with Gasteiger partial charge in [-0.3, -0.25) is 23.2 Å². The molecule has 0 aromatic rings. The zero-order chi connectivity index (χ0) is 46.0. The van der Waals surface area contributed by atoms with Crippen molar-refractivity contribution in [2.45, 2.75) is 141 Å². The van der Waals surface area contributed by atoms with Crippen LogP contribution in [0.25, 0.3) is 0 Å². The van der Waals surface area contributed by atoms with Gasteiger partial charge in [-0.05, 0) is 83.5 Å². The number of ether oxygens (including phenoxy) is 2. The van der Waals surface area contributed by atoms with Crippen LogP contribution in [0.2, 0.25) is 0 Å². The van der Waals surface area contributed by atoms with Crippen molar-refractivity contribution >= 4 is 27.6 Å². The maximum Gasteiger partial charge on any atom is 0.472 e. The summed E-state index contributed by atoms with van der Waals surface area (Å²) in [4.78, 5) is 52.6. The first-order valence-electron chi connectivity index (χ1n) is 21.7. The van der Waals surface area contributed by atoms with E-state index in [9.17, 15) is 33.8 Å². The lowest BCUT2D eigenvalue weighted by atomic mass is 10.2. The van der Waals surface area contributed by atoms with Crippen molar-refractivity contribution in [1.82, 2.24) is 0 Å². The van der Waals surface area contributed by atoms with Crippen LogP contribution in [0.4, 0.5) is 0 Å². The first-order valence-corrected chi connectivity index (χ1v) is 24.7. The monoisotopic (exact) mass is 912 g/mol. The number of unbranched alkanes of at least 4 members (excludes halogenated alkanes) is 5. The number of rotatable bonds is 39. The van der Waals surface area contributed by atoms with Gasteiger partial charge in [0.1, 0.15) is 12.7 Å². The van der Waals surface area contributed by atoms with E-state index in [-0.39, 0.29) is 12.8 Å². The van der Waals surface area contributed by atoms with Gasteiger partial charge in [-0.2, -0.15) is 0 Å². The fourth-order valence-corrected chi connectivity index (χ4v) is 6.08. The Morgan fingerprint density at radius 2 is 1.03 bits per heavy atom. The second kappa shape index (κ2) is 40.5. The van der Waals surface area contributed by atoms with Gasteiger partial charge >= 0.3 is 27.6 Å². The SMILES string of the molecule is CC/C=C\C(O)C/C=C/C=C\C/C=C\C/C=C\CCCC(=O)OC[C@H](COP(=O)(O)OC[C@@H](O)COP(=O)(O)O)OC(=O)CCC/C=C\C/C=C\C/C=C\C/C=C\CCCCC. The van der Waals surface area contributed by atoms with Crippen molar-refractivity contribution in [3.05, 3.63) is 109 Å². The molecule has 2 unspecified atom stereocenters. The van der Waals surface area contributed by atoms with Crippen LogP contribution in [0.5, 0.6) is 0 Å². The Kier molecular flexibility index (Phi) is 38.4. The van der Waals surface area contributed by atoms with Gasteiger partial charge in [-0.1, -0.05) is 136 Å². The van der Waals surface area contributed by atoms with E-state index < -0.39 is 72.3 Å². The van der Waals surface area contributed by atoms with E-state index in [0.717, 1.165) is 44.9 Å². The van der Waals surface area contributed by atoms with Crippen LogP contribution in [0.1, 0.15) is 123 Å². The van der Waals surface area contributed by atoms with Gasteiger partial charge in [0.05, 0.1) is 25.9 Å². The summed E-state index contributed by atoms with van der Waals surface area (Å²) in [6.07, 6.45) is 45.8. The molecular weight excluding hydrogens is 838 g/mol. The number of phosphoric ester groups is 2. The number of phosphoric acid groups is 2. The van der Waals surface area contributed by atoms with Gasteiger partial charge in [0.2, 0.25) is 0 Å². The van der Waals surface area contributed by atoms with Crippen LogP contribution in [-0.4, -0.2) is 81.6 Å². The van der Waals surface area contributed by atoms with Crippen LogP contribution >= 0.6 is 15.6 Å². The smallest absolute Gasteiger partial charge is 0.462 e. The molecule has 0 radical (unpaired) electrons. The molecule has 352 valence electrons. The molecule has 4 atom stereocenters. The third kappa shape index (κ3) is 43.4. The van der Waals surface area contributed by atoms with E-state index in [4.69, 9.17) is 23.8 Å². The van der Waals surface area contributed by atoms with E-state index in [1.54, 1.807) is 6.08 Å². The Morgan fingerprint density at radius 1 is 0.548 bits per heavy atom. The molecule has 0 saturated heterocycles. The second-order valence-corrected chi connectivity index (χ2v) is 16.8. The number of aliphatic hydroxyl groups is 2. The zero-order valence-electron chi connectivity index (χ0n) is 36.8. The fourth-order valence-electron chi connectivity index (χ4n) is 4.92. The predicted octanol–water partition coefficient (Wildman–Crippen LogP) is 10.1. The average molecular weight is 913 g/mol. The fraction of sp³-hybridized carbons (Fsp3) is 0.565. The normalized spacial score (nSPS) is 15.5. The summed E-state index contributed by atoms with van der Waals surface area (Å²) in [5.41, 5.74) is 0. The van der Waals surface area contributed by atoms with Crippen LogP contribution in [0, 0.1) is 0 Å². The Bertz CT molecular complexity index is 1520. The molecule has 0 saturated carbocycles. The molecule has 0 aliphatic carbocycles. The number of carbonyl (C=O) groups is 2. The number of hydrogen-bond donors (Lipinski definition) is 5. The summed E-state index contributed by atoms with van der Waals surface area (Å²) in [7, 11) is -9.74. The van der Waals surface area contributed by atoms with E-state index in [1.165, 1.54) is 19.3 Å². The highest BCUT2D eigenvalue weighted by atomic mass is 31.2. The lowest BCUT2D eigenvalue weighted by molar-refractivity contribution is -0.161. The summed E-state index contributed by atoms with van der Waals surface area (Å²) in [6.45, 7) is 1.33. The molecule has 0 aliphatic heterocycles. The summed E-state index contributed by atoms with van der Waals surface area (Å²) >= 11 is 0. The number of carbonyl (C=O) groups excluding carboxylic acids is 2. The van der Waals surface area contributed by atoms with Gasteiger partial charge in [0, 0.05) is 12.8 Å². The first kappa shape index (κ1) is 58.7. The zero-order valence-corrected chi connectivity index (χ0v) is 38.6. The standard InChI is InChI=1S/C46H74O14P2/c1-3-5-7-8-9-10-11-12-13-14-15-16-21-24-27-30-33-37-46(50)60-44(41-59-62(54,55)58-39-43(48)38-57-61(51,52)53)40-56-45(49)36-32-29-26-23-20-18-17-19-22-25-28-31-35-42(47)34-6-4-2/h6,9-10,12-13,15-18,22-28,31,34,42-44,47-48H,3-5,7-8,11,14,19-21,29-30,32-33,35-41H2,1-2H3,(H,54,55)(H2,51,52,53)/b10-9-,13-12-,16-15-,18-17-,25-22-,26-23-,27-24-,31-28+,34-6-/t42?,43-,44+/m0/s1. The van der Waals surface area contributed by atoms with Gasteiger partial charge in [0.15, 0.2) is 6.10 Å². The Balaban J connectivity index is 4.76. The minimum atomic E-state index is -4.88. The van der Waals surface area contributed by atoms with Crippen LogP contribution in [0.15, 0.2) is 109 Å². The summed E-state index contributed by atoms with van der Waals surface area (Å²) in [6, 6.07) is 0. The molecule has 5 N–H and O–H groups in total. The van der Waals surface area contributed by atoms with Crippen molar-refractivity contribution in [2.75, 3.05) is 26.4 Å². The van der Waals surface area contributed by atoms with Crippen molar-refractivity contribution in [1.29, 1.82) is 0 Å². The molecule has 14 nitrogen and oxygen atoms in total. The van der Waals surface area contributed by atoms with Gasteiger partial charge in [-0.25, -0.2) is 9.13 Å². The van der Waals surface area contributed by atoms with Gasteiger partial charge in [-0.15, -0.1) is 0 Å². The molecule has 0 aliphatic rings. The Morgan fingerprint density at radius 3 is 1.58 bits per heavy atom. The summed E-state index contributed by atoms with van der Waals surface area (Å²) in [5.74, 6) is -1.20. The third-order valence-electron chi connectivity index (χ3n) is 8.21. The molecule has 0 rings (SSSR count). The minimum Gasteiger partial charge on any atom is -0.462 e. The molecule has 62 heavy (non-hydrogen) atoms. The Labute approximate surface area is 370 Å². The number of allylic oxidation sites excluding steroid dienone is 16. The van der Waals surface area contributed by atoms with E-state index >= 15 is 0 Å². The minimum absolute atomic E-state index is 0.0281. The highest BCUT2D eigenvalue weighted by Crippen LogP contribution is 2.43. The molecule has 0 spiro atoms. The van der Waals surface area contributed by atoms with E-state index in [1.807, 2.05) is 73.8 Å². The van der Waals surface area contributed by atoms with Crippen molar-refractivity contribution in [3.63, 3.8) is 0 Å². The van der Waals surface area contributed by atoms with Crippen LogP contribution < -0.4 is 0 Å². The highest BCUT2D eigenvalue weighted by Gasteiger charge is 2.28. The molecular formula is C46H74O14P2. The molecule has 0 heterocycles. The first-order chi connectivity index (χ1) is 29.8. The predicted molar refractivity (Wildman–Crippen MR) is 245 cm³/mol. The van der Waals surface area contributed by atoms with Crippen molar-refractivity contribution < 1.29 is 66.7 Å². The Hall–Kier alpha value is -3.26. The summed E-state index contributed by atoms with van der Waals surface area (Å²) < 4.78 is 47.6. The maximum atomic E-state index is 12.6. The van der Waals surface area contributed by atoms with Gasteiger partial charge < -0.3 is 34.4 Å². The third-order valence-corrected chi connectivity index (χ3v) is 9.65. The number of hydrogen-bond acceptors (Lipinski definition) is 11. The van der Waals surface area contributed by atoms with Crippen LogP contribution in [0.3, 0.4) is 0 Å². The van der Waals surface area contributed by atoms with Gasteiger partial charge in [0.25, 0.3) is 0 Å². The molecule has 0 aromatic heterocycles. The molecule has 0 aromatic carbocycles. The second-order valence-electron chi connectivity index (χ2n) is 14.1. The van der Waals surface area contributed by atoms with E-state index in [2.05, 4.69) is 52.4 Å². The number of esters is 2. The van der Waals surface area contributed by atoms with Crippen molar-refractivity contribution in [3.8, 4) is 0 Å².